The molecule has 2 nitrogen and oxygen atoms in total. The molecule has 0 bridgehead atoms. The summed E-state index contributed by atoms with van der Waals surface area (Å²) in [5.74, 6) is 0. The first-order valence-electron chi connectivity index (χ1n) is 17.7. The van der Waals surface area contributed by atoms with Gasteiger partial charge in [0.15, 0.2) is 0 Å². The number of fused-ring (bicyclic) bond motifs is 9. The highest BCUT2D eigenvalue weighted by Gasteiger charge is 2.30. The molecule has 1 aliphatic rings. The van der Waals surface area contributed by atoms with E-state index in [1.165, 1.54) is 71.8 Å². The largest absolute Gasteiger partial charge is 0.309 e. The van der Waals surface area contributed by atoms with E-state index in [0.717, 1.165) is 11.4 Å². The van der Waals surface area contributed by atoms with Gasteiger partial charge >= 0.3 is 0 Å². The molecule has 8 aromatic carbocycles. The molecule has 3 heteroatoms. The van der Waals surface area contributed by atoms with E-state index in [0.29, 0.717) is 0 Å². The van der Waals surface area contributed by atoms with Crippen molar-refractivity contribution in [1.82, 2.24) is 4.57 Å². The van der Waals surface area contributed by atoms with Crippen molar-refractivity contribution in [3.05, 3.63) is 200 Å². The molecular weight excluding hydrogens is 615 g/mol. The molecule has 0 unspecified atom stereocenters. The fourth-order valence-electron chi connectivity index (χ4n) is 8.28. The van der Waals surface area contributed by atoms with Crippen molar-refractivity contribution in [1.29, 1.82) is 0 Å². The summed E-state index contributed by atoms with van der Waals surface area (Å²) in [5, 5.41) is 2.50. The van der Waals surface area contributed by atoms with Gasteiger partial charge in [-0.25, -0.2) is 0 Å². The van der Waals surface area contributed by atoms with Gasteiger partial charge in [0, 0.05) is 38.8 Å². The van der Waals surface area contributed by atoms with Crippen LogP contribution >= 0.6 is 0 Å². The molecule has 0 N–H and O–H groups in total. The summed E-state index contributed by atoms with van der Waals surface area (Å²) in [5.41, 5.74) is 15.8. The quantitative estimate of drug-likeness (QED) is 0.169. The molecular formula is C48H33BN2. The third kappa shape index (κ3) is 4.74. The number of aromatic nitrogens is 1. The van der Waals surface area contributed by atoms with Crippen molar-refractivity contribution in [3.63, 3.8) is 0 Å². The summed E-state index contributed by atoms with van der Waals surface area (Å²) in [7, 11) is 0. The fraction of sp³-hybridized carbons (Fsp3) is 0. The van der Waals surface area contributed by atoms with Crippen LogP contribution in [-0.4, -0.2) is 11.3 Å². The SMILES string of the molecule is c1ccc(B(c2ccccc2)c2ccc3c(c2)c2ccc4c(c2n3-c2ccccc2)-c2ccccc2N(c2ccccc2)c2ccccc2-4)cc1. The molecule has 0 saturated carbocycles. The van der Waals surface area contributed by atoms with Crippen LogP contribution in [-0.2, 0) is 0 Å². The summed E-state index contributed by atoms with van der Waals surface area (Å²) in [4.78, 5) is 2.43. The number of anilines is 3. The van der Waals surface area contributed by atoms with Crippen LogP contribution in [0, 0.1) is 0 Å². The highest BCUT2D eigenvalue weighted by atomic mass is 15.1. The molecule has 0 amide bonds. The molecule has 1 aromatic heterocycles. The highest BCUT2D eigenvalue weighted by molar-refractivity contribution is 6.95. The van der Waals surface area contributed by atoms with E-state index < -0.39 is 0 Å². The molecule has 0 radical (unpaired) electrons. The second kappa shape index (κ2) is 12.1. The molecule has 2 heterocycles. The number of rotatable bonds is 5. The summed E-state index contributed by atoms with van der Waals surface area (Å²) in [6, 6.07) is 73.0. The van der Waals surface area contributed by atoms with Crippen LogP contribution in [0.2, 0.25) is 0 Å². The van der Waals surface area contributed by atoms with E-state index in [2.05, 4.69) is 210 Å². The Balaban J connectivity index is 1.32. The molecule has 0 atom stereocenters. The molecule has 51 heavy (non-hydrogen) atoms. The van der Waals surface area contributed by atoms with Crippen LogP contribution in [0.4, 0.5) is 17.1 Å². The Bertz CT molecular complexity index is 2640. The van der Waals surface area contributed by atoms with E-state index in [9.17, 15) is 0 Å². The molecule has 10 rings (SSSR count). The van der Waals surface area contributed by atoms with Crippen molar-refractivity contribution in [2.24, 2.45) is 0 Å². The van der Waals surface area contributed by atoms with E-state index >= 15 is 0 Å². The Morgan fingerprint density at radius 2 is 0.882 bits per heavy atom. The van der Waals surface area contributed by atoms with E-state index in [1.807, 2.05) is 0 Å². The molecule has 238 valence electrons. The van der Waals surface area contributed by atoms with Crippen LogP contribution in [0.25, 0.3) is 49.7 Å². The highest BCUT2D eigenvalue weighted by Crippen LogP contribution is 2.53. The second-order valence-electron chi connectivity index (χ2n) is 13.3. The zero-order valence-electron chi connectivity index (χ0n) is 28.0. The van der Waals surface area contributed by atoms with Gasteiger partial charge in [-0.3, -0.25) is 0 Å². The fourth-order valence-corrected chi connectivity index (χ4v) is 8.28. The van der Waals surface area contributed by atoms with E-state index in [1.54, 1.807) is 0 Å². The average Bonchev–Trinajstić information content (AvgIpc) is 3.47. The lowest BCUT2D eigenvalue weighted by Crippen LogP contribution is -2.51. The summed E-state index contributed by atoms with van der Waals surface area (Å²) in [6.07, 6.45) is 0. The van der Waals surface area contributed by atoms with Gasteiger partial charge in [-0.1, -0.05) is 174 Å². The first-order chi connectivity index (χ1) is 25.3. The minimum atomic E-state index is 0.111. The van der Waals surface area contributed by atoms with Gasteiger partial charge < -0.3 is 9.47 Å². The minimum Gasteiger partial charge on any atom is -0.309 e. The lowest BCUT2D eigenvalue weighted by atomic mass is 9.37. The van der Waals surface area contributed by atoms with Crippen molar-refractivity contribution < 1.29 is 0 Å². The number of para-hydroxylation sites is 4. The first-order valence-corrected chi connectivity index (χ1v) is 17.7. The Morgan fingerprint density at radius 1 is 0.353 bits per heavy atom. The molecule has 9 aromatic rings. The minimum absolute atomic E-state index is 0.111. The monoisotopic (exact) mass is 648 g/mol. The first kappa shape index (κ1) is 29.4. The Hall–Kier alpha value is -6.58. The Kier molecular flexibility index (Phi) is 6.95. The second-order valence-corrected chi connectivity index (χ2v) is 13.3. The van der Waals surface area contributed by atoms with E-state index in [4.69, 9.17) is 0 Å². The third-order valence-corrected chi connectivity index (χ3v) is 10.4. The zero-order chi connectivity index (χ0) is 33.7. The topological polar surface area (TPSA) is 8.17 Å². The lowest BCUT2D eigenvalue weighted by molar-refractivity contribution is 1.18. The lowest BCUT2D eigenvalue weighted by Gasteiger charge is -2.27. The third-order valence-electron chi connectivity index (χ3n) is 10.4. The molecule has 0 saturated heterocycles. The van der Waals surface area contributed by atoms with Crippen LogP contribution in [0.3, 0.4) is 0 Å². The average molecular weight is 649 g/mol. The van der Waals surface area contributed by atoms with Gasteiger partial charge in [-0.2, -0.15) is 0 Å². The van der Waals surface area contributed by atoms with Crippen LogP contribution in [0.1, 0.15) is 0 Å². The summed E-state index contributed by atoms with van der Waals surface area (Å²) >= 11 is 0. The van der Waals surface area contributed by atoms with Crippen LogP contribution in [0.5, 0.6) is 0 Å². The predicted molar refractivity (Wildman–Crippen MR) is 217 cm³/mol. The number of benzene rings is 8. The zero-order valence-corrected chi connectivity index (χ0v) is 28.0. The Morgan fingerprint density at radius 3 is 1.53 bits per heavy atom. The van der Waals surface area contributed by atoms with Gasteiger partial charge in [0.25, 0.3) is 0 Å². The molecule has 0 fully saturated rings. The maximum atomic E-state index is 2.49. The standard InChI is InChI=1S/C48H33BN2/c1-5-17-34(18-6-1)49(35-19-7-2-8-20-35)36-29-32-46-43(33-36)41-31-30-40-39-25-13-15-27-44(39)50(37-21-9-3-10-22-37)45-28-16-14-26-42(45)47(40)48(41)51(46)38-23-11-4-12-24-38/h1-33H. The van der Waals surface area contributed by atoms with Crippen LogP contribution in [0.15, 0.2) is 200 Å². The number of nitrogens with zero attached hydrogens (tertiary/aromatic N) is 2. The van der Waals surface area contributed by atoms with Crippen molar-refractivity contribution in [2.45, 2.75) is 0 Å². The van der Waals surface area contributed by atoms with Gasteiger partial charge in [-0.05, 0) is 48.0 Å². The molecule has 1 aliphatic heterocycles. The van der Waals surface area contributed by atoms with Gasteiger partial charge in [-0.15, -0.1) is 0 Å². The maximum Gasteiger partial charge on any atom is 0.241 e. The Labute approximate surface area is 298 Å². The van der Waals surface area contributed by atoms with Gasteiger partial charge in [0.1, 0.15) is 0 Å². The normalized spacial score (nSPS) is 11.9. The van der Waals surface area contributed by atoms with E-state index in [-0.39, 0.29) is 6.71 Å². The number of hydrogen-bond donors (Lipinski definition) is 0. The summed E-state index contributed by atoms with van der Waals surface area (Å²) in [6.45, 7) is 0.111. The molecule has 0 aliphatic carbocycles. The van der Waals surface area contributed by atoms with Gasteiger partial charge in [0.2, 0.25) is 6.71 Å². The smallest absolute Gasteiger partial charge is 0.241 e. The maximum absolute atomic E-state index is 2.49. The van der Waals surface area contributed by atoms with Gasteiger partial charge in [0.05, 0.1) is 22.4 Å². The number of hydrogen-bond acceptors (Lipinski definition) is 1. The van der Waals surface area contributed by atoms with Crippen molar-refractivity contribution in [3.8, 4) is 27.9 Å². The molecule has 0 spiro atoms. The van der Waals surface area contributed by atoms with Crippen LogP contribution < -0.4 is 21.3 Å². The predicted octanol–water partition coefficient (Wildman–Crippen LogP) is 10.4. The van der Waals surface area contributed by atoms with Crippen molar-refractivity contribution in [2.75, 3.05) is 4.90 Å². The van der Waals surface area contributed by atoms with Crippen molar-refractivity contribution >= 4 is 62.0 Å². The summed E-state index contributed by atoms with van der Waals surface area (Å²) < 4.78 is 2.49.